The second kappa shape index (κ2) is 29.4. The van der Waals surface area contributed by atoms with Crippen LogP contribution in [0.5, 0.6) is 0 Å². The van der Waals surface area contributed by atoms with E-state index >= 15 is 0 Å². The van der Waals surface area contributed by atoms with Crippen LogP contribution in [0, 0.1) is 0 Å². The van der Waals surface area contributed by atoms with E-state index in [4.69, 9.17) is 76.1 Å². The van der Waals surface area contributed by atoms with Gasteiger partial charge in [0.2, 0.25) is 0 Å². The highest BCUT2D eigenvalue weighted by atomic mass is 33.5. The van der Waals surface area contributed by atoms with Gasteiger partial charge in [0.15, 0.2) is 0 Å². The molecule has 0 atom stereocenters. The van der Waals surface area contributed by atoms with Crippen LogP contribution in [0.4, 0.5) is 0 Å². The lowest BCUT2D eigenvalue weighted by Gasteiger charge is -2.37. The zero-order chi connectivity index (χ0) is 53.8. The Kier molecular flexibility index (Phi) is 23.1. The van der Waals surface area contributed by atoms with Gasteiger partial charge in [0.25, 0.3) is 0 Å². The molecule has 10 rings (SSSR count). The minimum atomic E-state index is -2.33. The molecule has 0 bridgehead atoms. The van der Waals surface area contributed by atoms with Crippen molar-refractivity contribution in [1.82, 2.24) is 0 Å². The fraction of sp³-hybridized carbons (Fsp3) is 0.0161. The van der Waals surface area contributed by atoms with E-state index in [1.807, 2.05) is 106 Å². The molecule has 76 heavy (non-hydrogen) atoms. The summed E-state index contributed by atoms with van der Waals surface area (Å²) in [7, 11) is 3.63. The van der Waals surface area contributed by atoms with E-state index in [1.54, 1.807) is 0 Å². The smallest absolute Gasteiger partial charge is 0.116 e. The van der Waals surface area contributed by atoms with Crippen molar-refractivity contribution in [3.05, 3.63) is 303 Å². The zero-order valence-electron chi connectivity index (χ0n) is 41.4. The van der Waals surface area contributed by atoms with Crippen LogP contribution in [0.15, 0.2) is 303 Å². The molecule has 0 saturated carbocycles. The van der Waals surface area contributed by atoms with Gasteiger partial charge in [-0.15, -0.1) is 12.2 Å². The van der Waals surface area contributed by atoms with E-state index in [1.165, 1.54) is 49.4 Å². The van der Waals surface area contributed by atoms with E-state index in [0.29, 0.717) is 0 Å². The Labute approximate surface area is 488 Å². The maximum absolute atomic E-state index is 8.81. The Hall–Kier alpha value is -3.83. The molecular formula is C62H55OP5S8. The minimum Gasteiger partial charge on any atom is -0.304 e. The predicted octanol–water partition coefficient (Wildman–Crippen LogP) is 14.8. The molecule has 0 N–H and O–H groups in total. The van der Waals surface area contributed by atoms with Gasteiger partial charge in [-0.05, 0) is 80.8 Å². The van der Waals surface area contributed by atoms with Crippen molar-refractivity contribution in [2.45, 2.75) is 6.92 Å². The summed E-state index contributed by atoms with van der Waals surface area (Å²) in [6.07, 6.45) is 0.750. The Morgan fingerprint density at radius 2 is 0.408 bits per heavy atom. The van der Waals surface area contributed by atoms with E-state index in [0.717, 1.165) is 16.9 Å². The van der Waals surface area contributed by atoms with Crippen molar-refractivity contribution in [1.29, 1.82) is 0 Å². The quantitative estimate of drug-likeness (QED) is 0.0496. The summed E-state index contributed by atoms with van der Waals surface area (Å²) in [5.74, 6) is 0. The Morgan fingerprint density at radius 3 is 0.566 bits per heavy atom. The van der Waals surface area contributed by atoms with E-state index in [2.05, 4.69) is 218 Å². The Balaban J connectivity index is 0.000000169. The SMILES string of the molecule is CC=O.S=P(S)(c1ccccc1)c1ccccc1.S=P(SSP(=S)(c1ccccc1)c1ccccc1)(c1ccccc1)c1ccccc1.S=P(c1ccccc1)(c1ccccc1)P(=S)(c1ccccc1)c1ccccc1. The molecule has 10 aromatic rings. The molecule has 10 aromatic carbocycles. The first-order chi connectivity index (χ1) is 36.9. The number of hydrogen-bond donors (Lipinski definition) is 1. The molecule has 0 heterocycles. The van der Waals surface area contributed by atoms with Gasteiger partial charge >= 0.3 is 0 Å². The molecule has 0 aliphatic heterocycles. The van der Waals surface area contributed by atoms with Gasteiger partial charge in [0.1, 0.15) is 6.29 Å². The number of benzene rings is 10. The molecule has 0 radical (unpaired) electrons. The van der Waals surface area contributed by atoms with Crippen molar-refractivity contribution in [3.63, 3.8) is 0 Å². The van der Waals surface area contributed by atoms with Crippen LogP contribution in [-0.4, -0.2) is 6.29 Å². The molecule has 0 aliphatic rings. The van der Waals surface area contributed by atoms with Crippen molar-refractivity contribution in [2.24, 2.45) is 0 Å². The van der Waals surface area contributed by atoms with Gasteiger partial charge in [0.05, 0.1) is 15.7 Å². The van der Waals surface area contributed by atoms with Gasteiger partial charge in [-0.3, -0.25) is 0 Å². The van der Waals surface area contributed by atoms with E-state index in [-0.39, 0.29) is 0 Å². The monoisotopic (exact) mass is 1230 g/mol. The fourth-order valence-electron chi connectivity index (χ4n) is 7.94. The van der Waals surface area contributed by atoms with Crippen LogP contribution in [0.2, 0.25) is 0 Å². The van der Waals surface area contributed by atoms with Crippen LogP contribution >= 0.6 is 60.2 Å². The van der Waals surface area contributed by atoms with Crippen LogP contribution in [0.25, 0.3) is 0 Å². The Morgan fingerprint density at radius 1 is 0.276 bits per heavy atom. The zero-order valence-corrected chi connectivity index (χ0v) is 52.5. The van der Waals surface area contributed by atoms with Gasteiger partial charge in [-0.1, -0.05) is 362 Å². The second-order valence-corrected chi connectivity index (χ2v) is 52.0. The highest BCUT2D eigenvalue weighted by Crippen LogP contribution is 2.78. The Bertz CT molecular complexity index is 3180. The number of carbonyl (C=O) groups excluding carboxylic acids is 1. The molecule has 0 aromatic heterocycles. The average molecular weight is 1230 g/mol. The predicted molar refractivity (Wildman–Crippen MR) is 368 cm³/mol. The maximum Gasteiger partial charge on any atom is 0.116 e. The first-order valence-corrected chi connectivity index (χ1v) is 43.2. The number of carbonyl (C=O) groups is 1. The van der Waals surface area contributed by atoms with Gasteiger partial charge in [-0.2, -0.15) is 0 Å². The highest BCUT2D eigenvalue weighted by molar-refractivity contribution is 9.21. The molecule has 0 aliphatic carbocycles. The normalized spacial score (nSPS) is 11.4. The third-order valence-corrected chi connectivity index (χ3v) is 54.5. The van der Waals surface area contributed by atoms with Crippen LogP contribution < -0.4 is 53.0 Å². The summed E-state index contributed by atoms with van der Waals surface area (Å²) in [4.78, 5) is 8.81. The molecule has 0 amide bonds. The summed E-state index contributed by atoms with van der Waals surface area (Å²) in [5, 5.41) is 5.86. The standard InChI is InChI=1S/C24H20P2S4.C24H20P2S2.C12H11PS2.C2H4O/c27-25(21-13-5-1-6-14-21,22-15-7-2-8-16-22)29-30-26(28,23-17-9-3-10-18-23)24-19-11-4-12-20-24;27-25(21-13-5-1-6-14-21,22-15-7-2-8-16-22)26(28,23-17-9-3-10-18-23)24-19-11-4-12-20-24;14-13(15,11-7-3-1-4-8-11)12-9-5-2-6-10-12;1-2-3/h1-20H;1-20H;1-10H,(H,14,15);2H,1H3. The average Bonchev–Trinajstić information content (AvgIpc) is 3.52. The molecule has 0 fully saturated rings. The van der Waals surface area contributed by atoms with E-state index < -0.39 is 27.2 Å². The molecule has 14 heteroatoms. The highest BCUT2D eigenvalue weighted by Gasteiger charge is 2.40. The van der Waals surface area contributed by atoms with E-state index in [9.17, 15) is 0 Å². The van der Waals surface area contributed by atoms with Gasteiger partial charge in [0, 0.05) is 11.5 Å². The molecule has 0 unspecified atom stereocenters. The molecule has 382 valence electrons. The summed E-state index contributed by atoms with van der Waals surface area (Å²) >= 11 is 36.6. The number of aldehydes is 1. The van der Waals surface area contributed by atoms with Crippen LogP contribution in [0.1, 0.15) is 6.92 Å². The van der Waals surface area contributed by atoms with Crippen LogP contribution in [-0.2, 0) is 63.8 Å². The number of rotatable bonds is 14. The summed E-state index contributed by atoms with van der Waals surface area (Å²) in [6, 6.07) is 105. The van der Waals surface area contributed by atoms with Crippen molar-refractivity contribution >= 4 is 179 Å². The summed E-state index contributed by atoms with van der Waals surface area (Å²) < 4.78 is 0. The minimum absolute atomic E-state index is 0.750. The van der Waals surface area contributed by atoms with Gasteiger partial charge in [-0.25, -0.2) is 0 Å². The molecular weight excluding hydrogens is 1170 g/mol. The van der Waals surface area contributed by atoms with Gasteiger partial charge < -0.3 is 4.79 Å². The topological polar surface area (TPSA) is 17.1 Å². The lowest BCUT2D eigenvalue weighted by molar-refractivity contribution is -0.106. The first kappa shape index (κ1) is 59.8. The molecule has 1 nitrogen and oxygen atoms in total. The first-order valence-electron chi connectivity index (χ1n) is 24.0. The summed E-state index contributed by atoms with van der Waals surface area (Å²) in [5.41, 5.74) is -4.66. The summed E-state index contributed by atoms with van der Waals surface area (Å²) in [6.45, 7) is 1.44. The van der Waals surface area contributed by atoms with Crippen LogP contribution in [0.3, 0.4) is 0 Å². The van der Waals surface area contributed by atoms with Crippen molar-refractivity contribution in [2.75, 3.05) is 0 Å². The second-order valence-electron chi connectivity index (χ2n) is 16.6. The largest absolute Gasteiger partial charge is 0.304 e. The fourth-order valence-corrected chi connectivity index (χ4v) is 47.7. The third kappa shape index (κ3) is 14.5. The lowest BCUT2D eigenvalue weighted by Crippen LogP contribution is -2.25. The third-order valence-electron chi connectivity index (χ3n) is 11.7. The number of hydrogen-bond acceptors (Lipinski definition) is 8. The molecule has 0 saturated heterocycles. The van der Waals surface area contributed by atoms with Crippen molar-refractivity contribution in [3.8, 4) is 0 Å². The van der Waals surface area contributed by atoms with Crippen molar-refractivity contribution < 1.29 is 4.79 Å². The number of thiol groups is 1. The molecule has 0 spiro atoms. The lowest BCUT2D eigenvalue weighted by atomic mass is 10.4. The maximum atomic E-state index is 8.81.